The predicted molar refractivity (Wildman–Crippen MR) is 102 cm³/mol. The maximum Gasteiger partial charge on any atom is 0.263 e. The van der Waals surface area contributed by atoms with Gasteiger partial charge in [-0.25, -0.2) is 4.39 Å². The highest BCUT2D eigenvalue weighted by atomic mass is 32.1. The molecular weight excluding hydrogens is 369 g/mol. The SMILES string of the molecule is CC(=O)Nc1cc(NC(=O)C2CCN(C(=O)c3cccs3)CC2)ccc1F. The molecule has 1 aliphatic heterocycles. The highest BCUT2D eigenvalue weighted by molar-refractivity contribution is 7.12. The number of hydrogen-bond donors (Lipinski definition) is 2. The second kappa shape index (κ2) is 8.30. The molecular formula is C19H20FN3O3S. The summed E-state index contributed by atoms with van der Waals surface area (Å²) in [5, 5.41) is 7.02. The number of hydrogen-bond acceptors (Lipinski definition) is 4. The number of carbonyl (C=O) groups excluding carboxylic acids is 3. The second-order valence-electron chi connectivity index (χ2n) is 6.41. The van der Waals surface area contributed by atoms with Crippen LogP contribution in [-0.2, 0) is 9.59 Å². The quantitative estimate of drug-likeness (QED) is 0.842. The summed E-state index contributed by atoms with van der Waals surface area (Å²) in [6, 6.07) is 7.68. The summed E-state index contributed by atoms with van der Waals surface area (Å²) in [6.45, 7) is 2.33. The Morgan fingerprint density at radius 2 is 1.89 bits per heavy atom. The Bertz CT molecular complexity index is 846. The third-order valence-electron chi connectivity index (χ3n) is 4.43. The van der Waals surface area contributed by atoms with E-state index in [2.05, 4.69) is 10.6 Å². The van der Waals surface area contributed by atoms with Gasteiger partial charge in [0.05, 0.1) is 10.6 Å². The lowest BCUT2D eigenvalue weighted by Crippen LogP contribution is -2.41. The molecule has 2 heterocycles. The largest absolute Gasteiger partial charge is 0.338 e. The average molecular weight is 389 g/mol. The number of benzene rings is 1. The van der Waals surface area contributed by atoms with Gasteiger partial charge in [0, 0.05) is 31.6 Å². The van der Waals surface area contributed by atoms with E-state index in [0.717, 1.165) is 0 Å². The molecule has 2 aromatic rings. The lowest BCUT2D eigenvalue weighted by Gasteiger charge is -2.31. The summed E-state index contributed by atoms with van der Waals surface area (Å²) in [7, 11) is 0. The molecule has 27 heavy (non-hydrogen) atoms. The van der Waals surface area contributed by atoms with E-state index in [1.807, 2.05) is 11.4 Å². The lowest BCUT2D eigenvalue weighted by molar-refractivity contribution is -0.121. The van der Waals surface area contributed by atoms with Crippen LogP contribution in [0.1, 0.15) is 29.4 Å². The van der Waals surface area contributed by atoms with E-state index in [9.17, 15) is 18.8 Å². The standard InChI is InChI=1S/C19H20FN3O3S/c1-12(24)21-16-11-14(4-5-15(16)20)22-18(25)13-6-8-23(9-7-13)19(26)17-3-2-10-27-17/h2-5,10-11,13H,6-9H2,1H3,(H,21,24)(H,22,25). The first-order chi connectivity index (χ1) is 12.9. The molecule has 6 nitrogen and oxygen atoms in total. The van der Waals surface area contributed by atoms with E-state index in [1.54, 1.807) is 11.0 Å². The molecule has 3 amide bonds. The maximum atomic E-state index is 13.7. The van der Waals surface area contributed by atoms with Gasteiger partial charge in [0.15, 0.2) is 0 Å². The van der Waals surface area contributed by atoms with Crippen molar-refractivity contribution < 1.29 is 18.8 Å². The molecule has 142 valence electrons. The predicted octanol–water partition coefficient (Wildman–Crippen LogP) is 3.34. The molecule has 0 atom stereocenters. The van der Waals surface area contributed by atoms with E-state index >= 15 is 0 Å². The Hall–Kier alpha value is -2.74. The molecule has 1 fully saturated rings. The minimum Gasteiger partial charge on any atom is -0.338 e. The van der Waals surface area contributed by atoms with E-state index in [4.69, 9.17) is 0 Å². The fourth-order valence-corrected chi connectivity index (χ4v) is 3.72. The minimum atomic E-state index is -0.566. The Labute approximate surface area is 160 Å². The first-order valence-electron chi connectivity index (χ1n) is 8.65. The van der Waals surface area contributed by atoms with Crippen molar-refractivity contribution in [3.8, 4) is 0 Å². The molecule has 0 unspecified atom stereocenters. The van der Waals surface area contributed by atoms with Crippen molar-refractivity contribution in [1.29, 1.82) is 0 Å². The molecule has 0 aliphatic carbocycles. The highest BCUT2D eigenvalue weighted by Gasteiger charge is 2.28. The van der Waals surface area contributed by atoms with Gasteiger partial charge in [0.1, 0.15) is 5.82 Å². The van der Waals surface area contributed by atoms with Crippen molar-refractivity contribution in [3.05, 3.63) is 46.4 Å². The van der Waals surface area contributed by atoms with Crippen molar-refractivity contribution in [1.82, 2.24) is 4.90 Å². The molecule has 0 radical (unpaired) electrons. The fourth-order valence-electron chi connectivity index (χ4n) is 3.03. The molecule has 0 spiro atoms. The normalized spacial score (nSPS) is 14.7. The van der Waals surface area contributed by atoms with Gasteiger partial charge >= 0.3 is 0 Å². The summed E-state index contributed by atoms with van der Waals surface area (Å²) in [4.78, 5) is 38.4. The van der Waals surface area contributed by atoms with Gasteiger partial charge in [-0.15, -0.1) is 11.3 Å². The van der Waals surface area contributed by atoms with Crippen LogP contribution in [-0.4, -0.2) is 35.7 Å². The molecule has 2 N–H and O–H groups in total. The van der Waals surface area contributed by atoms with Crippen LogP contribution in [0.2, 0.25) is 0 Å². The number of anilines is 2. The van der Waals surface area contributed by atoms with Crippen LogP contribution in [0.5, 0.6) is 0 Å². The van der Waals surface area contributed by atoms with E-state index in [-0.39, 0.29) is 29.3 Å². The topological polar surface area (TPSA) is 78.5 Å². The fraction of sp³-hybridized carbons (Fsp3) is 0.316. The summed E-state index contributed by atoms with van der Waals surface area (Å²) in [5.41, 5.74) is 0.443. The van der Waals surface area contributed by atoms with Crippen LogP contribution in [0.25, 0.3) is 0 Å². The lowest BCUT2D eigenvalue weighted by atomic mass is 9.95. The van der Waals surface area contributed by atoms with Gasteiger partial charge < -0.3 is 15.5 Å². The highest BCUT2D eigenvalue weighted by Crippen LogP contribution is 2.24. The minimum absolute atomic E-state index is 0.00217. The Morgan fingerprint density at radius 3 is 2.52 bits per heavy atom. The number of halogens is 1. The van der Waals surface area contributed by atoms with Gasteiger partial charge in [-0.3, -0.25) is 14.4 Å². The molecule has 1 saturated heterocycles. The molecule has 0 bridgehead atoms. The van der Waals surface area contributed by atoms with Crippen molar-refractivity contribution in [2.24, 2.45) is 5.92 Å². The smallest absolute Gasteiger partial charge is 0.263 e. The average Bonchev–Trinajstić information content (AvgIpc) is 3.18. The molecule has 3 rings (SSSR count). The summed E-state index contributed by atoms with van der Waals surface area (Å²) in [5.74, 6) is -1.34. The molecule has 8 heteroatoms. The number of carbonyl (C=O) groups is 3. The van der Waals surface area contributed by atoms with E-state index in [0.29, 0.717) is 36.5 Å². The Kier molecular flexibility index (Phi) is 5.85. The molecule has 0 saturated carbocycles. The number of nitrogens with one attached hydrogen (secondary N) is 2. The number of rotatable bonds is 4. The van der Waals surface area contributed by atoms with Crippen molar-refractivity contribution in [2.75, 3.05) is 23.7 Å². The number of nitrogens with zero attached hydrogens (tertiary/aromatic N) is 1. The van der Waals surface area contributed by atoms with E-state index in [1.165, 1.54) is 36.5 Å². The molecule has 1 aromatic carbocycles. The van der Waals surface area contributed by atoms with Gasteiger partial charge in [-0.1, -0.05) is 6.07 Å². The zero-order valence-corrected chi connectivity index (χ0v) is 15.6. The Balaban J connectivity index is 1.57. The van der Waals surface area contributed by atoms with Gasteiger partial charge in [-0.2, -0.15) is 0 Å². The summed E-state index contributed by atoms with van der Waals surface area (Å²) >= 11 is 1.41. The van der Waals surface area contributed by atoms with Crippen molar-refractivity contribution in [3.63, 3.8) is 0 Å². The van der Waals surface area contributed by atoms with Gasteiger partial charge in [0.2, 0.25) is 11.8 Å². The van der Waals surface area contributed by atoms with Crippen LogP contribution >= 0.6 is 11.3 Å². The number of thiophene rings is 1. The Morgan fingerprint density at radius 1 is 1.15 bits per heavy atom. The van der Waals surface area contributed by atoms with Gasteiger partial charge in [0.25, 0.3) is 5.91 Å². The van der Waals surface area contributed by atoms with Crippen LogP contribution < -0.4 is 10.6 Å². The molecule has 1 aromatic heterocycles. The van der Waals surface area contributed by atoms with Crippen LogP contribution in [0.4, 0.5) is 15.8 Å². The number of likely N-dealkylation sites (tertiary alicyclic amines) is 1. The van der Waals surface area contributed by atoms with Crippen molar-refractivity contribution >= 4 is 40.4 Å². The number of amides is 3. The zero-order chi connectivity index (χ0) is 19.4. The summed E-state index contributed by atoms with van der Waals surface area (Å²) in [6.07, 6.45) is 1.14. The van der Waals surface area contributed by atoms with Crippen molar-refractivity contribution in [2.45, 2.75) is 19.8 Å². The summed E-state index contributed by atoms with van der Waals surface area (Å²) < 4.78 is 13.7. The van der Waals surface area contributed by atoms with Crippen LogP contribution in [0.3, 0.4) is 0 Å². The van der Waals surface area contributed by atoms with Crippen LogP contribution in [0, 0.1) is 11.7 Å². The monoisotopic (exact) mass is 389 g/mol. The maximum absolute atomic E-state index is 13.7. The third-order valence-corrected chi connectivity index (χ3v) is 5.29. The number of piperidine rings is 1. The zero-order valence-electron chi connectivity index (χ0n) is 14.8. The first kappa shape index (κ1) is 19.0. The molecule has 1 aliphatic rings. The third kappa shape index (κ3) is 4.71. The second-order valence-corrected chi connectivity index (χ2v) is 7.36. The first-order valence-corrected chi connectivity index (χ1v) is 9.53. The van der Waals surface area contributed by atoms with E-state index < -0.39 is 5.82 Å². The van der Waals surface area contributed by atoms with Gasteiger partial charge in [-0.05, 0) is 42.5 Å². The van der Waals surface area contributed by atoms with Crippen LogP contribution in [0.15, 0.2) is 35.7 Å².